The van der Waals surface area contributed by atoms with Gasteiger partial charge in [0.2, 0.25) is 0 Å². The Morgan fingerprint density at radius 1 is 1.69 bits per heavy atom. The summed E-state index contributed by atoms with van der Waals surface area (Å²) in [6.07, 6.45) is 2.70. The SMILES string of the molecule is CCO[C@H]1CC(=O)[C@@]1(C)C=C(C)C. The molecule has 0 aromatic carbocycles. The summed E-state index contributed by atoms with van der Waals surface area (Å²) in [5, 5.41) is 0. The monoisotopic (exact) mass is 182 g/mol. The first-order valence-corrected chi connectivity index (χ1v) is 4.81. The lowest BCUT2D eigenvalue weighted by Crippen LogP contribution is -2.52. The van der Waals surface area contributed by atoms with Crippen molar-refractivity contribution < 1.29 is 9.53 Å². The lowest BCUT2D eigenvalue weighted by atomic mass is 9.65. The molecule has 74 valence electrons. The molecule has 13 heavy (non-hydrogen) atoms. The van der Waals surface area contributed by atoms with E-state index in [9.17, 15) is 4.79 Å². The van der Waals surface area contributed by atoms with Crippen LogP contribution in [-0.2, 0) is 9.53 Å². The van der Waals surface area contributed by atoms with Gasteiger partial charge in [-0.15, -0.1) is 0 Å². The standard InChI is InChI=1S/C11H18O2/c1-5-13-10-6-9(12)11(10,4)7-8(2)3/h7,10H,5-6H2,1-4H3/t10-,11+/m0/s1. The fourth-order valence-electron chi connectivity index (χ4n) is 1.86. The molecule has 0 radical (unpaired) electrons. The molecule has 1 aliphatic rings. The van der Waals surface area contributed by atoms with Gasteiger partial charge in [-0.2, -0.15) is 0 Å². The Kier molecular flexibility index (Phi) is 2.91. The topological polar surface area (TPSA) is 26.3 Å². The molecule has 0 bridgehead atoms. The van der Waals surface area contributed by atoms with Crippen LogP contribution >= 0.6 is 0 Å². The van der Waals surface area contributed by atoms with Gasteiger partial charge < -0.3 is 4.74 Å². The number of ether oxygens (including phenoxy) is 1. The van der Waals surface area contributed by atoms with E-state index in [2.05, 4.69) is 0 Å². The minimum Gasteiger partial charge on any atom is -0.377 e. The number of ketones is 1. The Balaban J connectivity index is 2.74. The second-order valence-corrected chi connectivity index (χ2v) is 4.08. The highest BCUT2D eigenvalue weighted by Gasteiger charge is 2.50. The molecule has 1 fully saturated rings. The third-order valence-corrected chi connectivity index (χ3v) is 2.60. The first-order valence-electron chi connectivity index (χ1n) is 4.81. The van der Waals surface area contributed by atoms with E-state index in [1.54, 1.807) is 0 Å². The lowest BCUT2D eigenvalue weighted by Gasteiger charge is -2.42. The molecule has 0 aliphatic heterocycles. The van der Waals surface area contributed by atoms with E-state index in [0.717, 1.165) is 0 Å². The number of rotatable bonds is 3. The summed E-state index contributed by atoms with van der Waals surface area (Å²) in [6.45, 7) is 8.64. The van der Waals surface area contributed by atoms with Crippen molar-refractivity contribution in [2.24, 2.45) is 5.41 Å². The zero-order valence-corrected chi connectivity index (χ0v) is 8.89. The summed E-state index contributed by atoms with van der Waals surface area (Å²) >= 11 is 0. The first-order chi connectivity index (χ1) is 6.00. The van der Waals surface area contributed by atoms with Crippen LogP contribution in [0.4, 0.5) is 0 Å². The van der Waals surface area contributed by atoms with Gasteiger partial charge in [-0.05, 0) is 27.7 Å². The van der Waals surface area contributed by atoms with Crippen LogP contribution in [0.5, 0.6) is 0 Å². The minimum atomic E-state index is -0.352. The summed E-state index contributed by atoms with van der Waals surface area (Å²) in [5.74, 6) is 0.298. The molecule has 0 saturated heterocycles. The molecule has 0 N–H and O–H groups in total. The van der Waals surface area contributed by atoms with Crippen LogP contribution in [0, 0.1) is 5.41 Å². The summed E-state index contributed by atoms with van der Waals surface area (Å²) < 4.78 is 5.50. The van der Waals surface area contributed by atoms with Crippen LogP contribution in [0.2, 0.25) is 0 Å². The maximum Gasteiger partial charge on any atom is 0.147 e. The van der Waals surface area contributed by atoms with Gasteiger partial charge in [0.1, 0.15) is 5.78 Å². The quantitative estimate of drug-likeness (QED) is 0.626. The highest BCUT2D eigenvalue weighted by Crippen LogP contribution is 2.41. The fourth-order valence-corrected chi connectivity index (χ4v) is 1.86. The molecule has 0 amide bonds. The van der Waals surface area contributed by atoms with Gasteiger partial charge in [-0.25, -0.2) is 0 Å². The molecule has 2 heteroatoms. The van der Waals surface area contributed by atoms with Gasteiger partial charge in [-0.3, -0.25) is 4.79 Å². The van der Waals surface area contributed by atoms with E-state index in [-0.39, 0.29) is 11.5 Å². The molecule has 0 unspecified atom stereocenters. The number of allylic oxidation sites excluding steroid dienone is 1. The van der Waals surface area contributed by atoms with Crippen LogP contribution in [-0.4, -0.2) is 18.5 Å². The van der Waals surface area contributed by atoms with Crippen molar-refractivity contribution in [1.82, 2.24) is 0 Å². The summed E-state index contributed by atoms with van der Waals surface area (Å²) in [4.78, 5) is 11.4. The molecule has 2 nitrogen and oxygen atoms in total. The smallest absolute Gasteiger partial charge is 0.147 e. The normalized spacial score (nSPS) is 32.6. The van der Waals surface area contributed by atoms with Gasteiger partial charge in [0.15, 0.2) is 0 Å². The Morgan fingerprint density at radius 3 is 2.69 bits per heavy atom. The first kappa shape index (κ1) is 10.5. The summed E-state index contributed by atoms with van der Waals surface area (Å²) in [6, 6.07) is 0. The lowest BCUT2D eigenvalue weighted by molar-refractivity contribution is -0.153. The molecule has 2 atom stereocenters. The average molecular weight is 182 g/mol. The predicted molar refractivity (Wildman–Crippen MR) is 52.6 cm³/mol. The van der Waals surface area contributed by atoms with Crippen molar-refractivity contribution in [2.45, 2.75) is 40.2 Å². The average Bonchev–Trinajstić information content (AvgIpc) is 2.03. The van der Waals surface area contributed by atoms with E-state index in [1.807, 2.05) is 33.8 Å². The van der Waals surface area contributed by atoms with Crippen LogP contribution in [0.1, 0.15) is 34.1 Å². The fraction of sp³-hybridized carbons (Fsp3) is 0.727. The van der Waals surface area contributed by atoms with Crippen molar-refractivity contribution >= 4 is 5.78 Å². The van der Waals surface area contributed by atoms with Crippen molar-refractivity contribution in [3.8, 4) is 0 Å². The van der Waals surface area contributed by atoms with Crippen molar-refractivity contribution in [3.05, 3.63) is 11.6 Å². The van der Waals surface area contributed by atoms with Crippen molar-refractivity contribution in [1.29, 1.82) is 0 Å². The van der Waals surface area contributed by atoms with Gasteiger partial charge >= 0.3 is 0 Å². The third kappa shape index (κ3) is 1.83. The Labute approximate surface area is 80.0 Å². The van der Waals surface area contributed by atoms with Gasteiger partial charge in [0.25, 0.3) is 0 Å². The summed E-state index contributed by atoms with van der Waals surface area (Å²) in [7, 11) is 0. The molecule has 0 aromatic rings. The number of hydrogen-bond acceptors (Lipinski definition) is 2. The molecule has 1 aliphatic carbocycles. The largest absolute Gasteiger partial charge is 0.377 e. The molecule has 0 aromatic heterocycles. The second-order valence-electron chi connectivity index (χ2n) is 4.08. The van der Waals surface area contributed by atoms with Crippen molar-refractivity contribution in [3.63, 3.8) is 0 Å². The minimum absolute atomic E-state index is 0.0971. The van der Waals surface area contributed by atoms with E-state index >= 15 is 0 Å². The number of carbonyl (C=O) groups is 1. The Hall–Kier alpha value is -0.630. The van der Waals surface area contributed by atoms with Crippen LogP contribution in [0.3, 0.4) is 0 Å². The highest BCUT2D eigenvalue weighted by atomic mass is 16.5. The maximum absolute atomic E-state index is 11.4. The van der Waals surface area contributed by atoms with Crippen LogP contribution in [0.25, 0.3) is 0 Å². The van der Waals surface area contributed by atoms with Gasteiger partial charge in [0, 0.05) is 13.0 Å². The maximum atomic E-state index is 11.4. The Morgan fingerprint density at radius 2 is 2.31 bits per heavy atom. The zero-order chi connectivity index (χ0) is 10.1. The molecular weight excluding hydrogens is 164 g/mol. The molecular formula is C11H18O2. The summed E-state index contributed by atoms with van der Waals surface area (Å²) in [5.41, 5.74) is 0.828. The van der Waals surface area contributed by atoms with E-state index in [1.165, 1.54) is 5.57 Å². The van der Waals surface area contributed by atoms with Crippen LogP contribution in [0.15, 0.2) is 11.6 Å². The van der Waals surface area contributed by atoms with Crippen LogP contribution < -0.4 is 0 Å². The molecule has 0 spiro atoms. The van der Waals surface area contributed by atoms with E-state index in [0.29, 0.717) is 18.8 Å². The number of hydrogen-bond donors (Lipinski definition) is 0. The molecule has 1 rings (SSSR count). The van der Waals surface area contributed by atoms with Gasteiger partial charge in [-0.1, -0.05) is 11.6 Å². The van der Waals surface area contributed by atoms with Gasteiger partial charge in [0.05, 0.1) is 11.5 Å². The highest BCUT2D eigenvalue weighted by molar-refractivity contribution is 5.94. The zero-order valence-electron chi connectivity index (χ0n) is 8.89. The second kappa shape index (κ2) is 3.62. The van der Waals surface area contributed by atoms with E-state index in [4.69, 9.17) is 4.74 Å². The molecule has 0 heterocycles. The number of Topliss-reactive ketones (excluding diaryl/α,β-unsaturated/α-hetero) is 1. The molecule has 1 saturated carbocycles. The van der Waals surface area contributed by atoms with E-state index < -0.39 is 0 Å². The van der Waals surface area contributed by atoms with Crippen molar-refractivity contribution in [2.75, 3.05) is 6.61 Å². The number of carbonyl (C=O) groups excluding carboxylic acids is 1. The third-order valence-electron chi connectivity index (χ3n) is 2.60. The predicted octanol–water partition coefficient (Wildman–Crippen LogP) is 2.34. The Bertz CT molecular complexity index is 238.